The van der Waals surface area contributed by atoms with Crippen molar-refractivity contribution < 1.29 is 9.53 Å². The molecule has 0 unspecified atom stereocenters. The number of hydrogen-bond donors (Lipinski definition) is 2. The van der Waals surface area contributed by atoms with Crippen molar-refractivity contribution in [3.05, 3.63) is 47.7 Å². The highest BCUT2D eigenvalue weighted by Gasteiger charge is 2.15. The lowest BCUT2D eigenvalue weighted by Gasteiger charge is -2.22. The molecule has 0 aliphatic carbocycles. The monoisotopic (exact) mass is 431 g/mol. The Balaban J connectivity index is 0.00000182. The standard InChI is InChI=1S/C19H22ClN3O2.2ClH/c20-17-13-15(2-3-18(17)25-16-7-11-22-12-8-16)23-19(24)4-1-14-5-9-21-10-6-14;;/h2-3,7-8,11-14,21H,1,4-6,9-10H2,(H,23,24);2*1H. The molecule has 0 bridgehead atoms. The van der Waals surface area contributed by atoms with E-state index < -0.39 is 0 Å². The van der Waals surface area contributed by atoms with Crippen molar-refractivity contribution in [2.24, 2.45) is 5.92 Å². The van der Waals surface area contributed by atoms with Crippen LogP contribution in [-0.2, 0) is 4.79 Å². The minimum absolute atomic E-state index is 0. The number of carbonyl (C=O) groups is 1. The van der Waals surface area contributed by atoms with Gasteiger partial charge in [-0.15, -0.1) is 24.8 Å². The lowest BCUT2D eigenvalue weighted by Crippen LogP contribution is -2.28. The largest absolute Gasteiger partial charge is 0.456 e. The zero-order valence-corrected chi connectivity index (χ0v) is 17.2. The summed E-state index contributed by atoms with van der Waals surface area (Å²) < 4.78 is 5.71. The van der Waals surface area contributed by atoms with Gasteiger partial charge in [-0.3, -0.25) is 9.78 Å². The summed E-state index contributed by atoms with van der Waals surface area (Å²) in [4.78, 5) is 16.1. The molecule has 0 radical (unpaired) electrons. The number of carbonyl (C=O) groups excluding carboxylic acids is 1. The third kappa shape index (κ3) is 7.54. The van der Waals surface area contributed by atoms with Crippen molar-refractivity contribution >= 4 is 48.0 Å². The van der Waals surface area contributed by atoms with Crippen LogP contribution in [0.25, 0.3) is 0 Å². The van der Waals surface area contributed by atoms with Gasteiger partial charge < -0.3 is 15.4 Å². The number of amides is 1. The molecule has 27 heavy (non-hydrogen) atoms. The predicted molar refractivity (Wildman–Crippen MR) is 114 cm³/mol. The van der Waals surface area contributed by atoms with E-state index in [0.29, 0.717) is 34.5 Å². The Hall–Kier alpha value is -1.53. The molecule has 1 aromatic heterocycles. The number of anilines is 1. The van der Waals surface area contributed by atoms with Gasteiger partial charge in [0.25, 0.3) is 0 Å². The smallest absolute Gasteiger partial charge is 0.224 e. The van der Waals surface area contributed by atoms with Gasteiger partial charge in [0.2, 0.25) is 5.91 Å². The van der Waals surface area contributed by atoms with Crippen molar-refractivity contribution in [2.45, 2.75) is 25.7 Å². The Morgan fingerprint density at radius 2 is 1.89 bits per heavy atom. The Morgan fingerprint density at radius 3 is 2.56 bits per heavy atom. The number of hydrogen-bond acceptors (Lipinski definition) is 4. The highest BCUT2D eigenvalue weighted by molar-refractivity contribution is 6.32. The van der Waals surface area contributed by atoms with Gasteiger partial charge >= 0.3 is 0 Å². The molecule has 1 saturated heterocycles. The second kappa shape index (κ2) is 12.0. The van der Waals surface area contributed by atoms with Crippen LogP contribution < -0.4 is 15.4 Å². The Bertz CT molecular complexity index is 711. The van der Waals surface area contributed by atoms with Crippen molar-refractivity contribution in [3.63, 3.8) is 0 Å². The van der Waals surface area contributed by atoms with E-state index in [-0.39, 0.29) is 30.7 Å². The number of benzene rings is 1. The van der Waals surface area contributed by atoms with Crippen molar-refractivity contribution in [2.75, 3.05) is 18.4 Å². The van der Waals surface area contributed by atoms with E-state index in [1.54, 1.807) is 42.7 Å². The Kier molecular flexibility index (Phi) is 10.5. The molecule has 5 nitrogen and oxygen atoms in total. The molecule has 3 rings (SSSR count). The summed E-state index contributed by atoms with van der Waals surface area (Å²) in [5.41, 5.74) is 0.683. The van der Waals surface area contributed by atoms with Crippen LogP contribution in [-0.4, -0.2) is 24.0 Å². The first kappa shape index (κ1) is 23.5. The van der Waals surface area contributed by atoms with Crippen LogP contribution in [0.3, 0.4) is 0 Å². The lowest BCUT2D eigenvalue weighted by molar-refractivity contribution is -0.116. The van der Waals surface area contributed by atoms with Gasteiger partial charge in [-0.1, -0.05) is 11.6 Å². The van der Waals surface area contributed by atoms with Crippen LogP contribution in [0, 0.1) is 5.92 Å². The van der Waals surface area contributed by atoms with E-state index in [4.69, 9.17) is 16.3 Å². The SMILES string of the molecule is Cl.Cl.O=C(CCC1CCNCC1)Nc1ccc(Oc2ccncc2)c(Cl)c1. The molecule has 8 heteroatoms. The summed E-state index contributed by atoms with van der Waals surface area (Å²) in [6.07, 6.45) is 7.09. The van der Waals surface area contributed by atoms with Crippen molar-refractivity contribution in [3.8, 4) is 11.5 Å². The van der Waals surface area contributed by atoms with Gasteiger partial charge in [-0.25, -0.2) is 0 Å². The molecule has 1 aliphatic heterocycles. The quantitative estimate of drug-likeness (QED) is 0.667. The summed E-state index contributed by atoms with van der Waals surface area (Å²) in [7, 11) is 0. The molecule has 1 aromatic carbocycles. The van der Waals surface area contributed by atoms with Gasteiger partial charge in [0.1, 0.15) is 11.5 Å². The third-order valence-corrected chi connectivity index (χ3v) is 4.63. The van der Waals surface area contributed by atoms with Crippen LogP contribution >= 0.6 is 36.4 Å². The molecule has 1 fully saturated rings. The van der Waals surface area contributed by atoms with Crippen LogP contribution in [0.2, 0.25) is 5.02 Å². The van der Waals surface area contributed by atoms with E-state index in [9.17, 15) is 4.79 Å². The Labute approximate surface area is 177 Å². The van der Waals surface area contributed by atoms with Crippen LogP contribution in [0.4, 0.5) is 5.69 Å². The van der Waals surface area contributed by atoms with Gasteiger partial charge in [0, 0.05) is 24.5 Å². The summed E-state index contributed by atoms with van der Waals surface area (Å²) in [6, 6.07) is 8.77. The first-order valence-corrected chi connectivity index (χ1v) is 8.96. The fraction of sp³-hybridized carbons (Fsp3) is 0.368. The van der Waals surface area contributed by atoms with Crippen LogP contribution in [0.5, 0.6) is 11.5 Å². The Morgan fingerprint density at radius 1 is 1.19 bits per heavy atom. The maximum absolute atomic E-state index is 12.1. The summed E-state index contributed by atoms with van der Waals surface area (Å²) >= 11 is 6.26. The molecule has 0 saturated carbocycles. The number of piperidine rings is 1. The molecular formula is C19H24Cl3N3O2. The molecular weight excluding hydrogens is 409 g/mol. The summed E-state index contributed by atoms with van der Waals surface area (Å²) in [6.45, 7) is 2.11. The maximum Gasteiger partial charge on any atom is 0.224 e. The maximum atomic E-state index is 12.1. The van der Waals surface area contributed by atoms with Crippen LogP contribution in [0.15, 0.2) is 42.7 Å². The lowest BCUT2D eigenvalue weighted by atomic mass is 9.93. The normalized spacial score (nSPS) is 13.8. The average Bonchev–Trinajstić information content (AvgIpc) is 2.64. The summed E-state index contributed by atoms with van der Waals surface area (Å²) in [5, 5.41) is 6.70. The number of aromatic nitrogens is 1. The van der Waals surface area contributed by atoms with E-state index in [2.05, 4.69) is 15.6 Å². The van der Waals surface area contributed by atoms with Crippen molar-refractivity contribution in [1.82, 2.24) is 10.3 Å². The molecule has 0 spiro atoms. The van der Waals surface area contributed by atoms with E-state index in [0.717, 1.165) is 32.4 Å². The minimum Gasteiger partial charge on any atom is -0.456 e. The number of nitrogens with one attached hydrogen (secondary N) is 2. The molecule has 1 amide bonds. The van der Waals surface area contributed by atoms with Gasteiger partial charge in [-0.2, -0.15) is 0 Å². The van der Waals surface area contributed by atoms with Gasteiger partial charge in [0.15, 0.2) is 0 Å². The molecule has 1 aliphatic rings. The molecule has 2 heterocycles. The minimum atomic E-state index is 0. The van der Waals surface area contributed by atoms with E-state index in [1.165, 1.54) is 0 Å². The zero-order valence-electron chi connectivity index (χ0n) is 14.8. The van der Waals surface area contributed by atoms with Crippen molar-refractivity contribution in [1.29, 1.82) is 0 Å². The second-order valence-electron chi connectivity index (χ2n) is 6.21. The first-order chi connectivity index (χ1) is 12.2. The highest BCUT2D eigenvalue weighted by Crippen LogP contribution is 2.31. The molecule has 148 valence electrons. The number of nitrogens with zero attached hydrogens (tertiary/aromatic N) is 1. The average molecular weight is 433 g/mol. The second-order valence-corrected chi connectivity index (χ2v) is 6.62. The fourth-order valence-corrected chi connectivity index (χ4v) is 3.14. The first-order valence-electron chi connectivity index (χ1n) is 8.59. The predicted octanol–water partition coefficient (Wildman–Crippen LogP) is 5.09. The number of ether oxygens (including phenoxy) is 1. The molecule has 2 N–H and O–H groups in total. The van der Waals surface area contributed by atoms with E-state index >= 15 is 0 Å². The molecule has 0 atom stereocenters. The van der Waals surface area contributed by atoms with Gasteiger partial charge in [-0.05, 0) is 68.6 Å². The molecule has 2 aromatic rings. The van der Waals surface area contributed by atoms with Gasteiger partial charge in [0.05, 0.1) is 5.02 Å². The zero-order chi connectivity index (χ0) is 17.5. The number of rotatable bonds is 6. The third-order valence-electron chi connectivity index (χ3n) is 4.33. The number of pyridine rings is 1. The highest BCUT2D eigenvalue weighted by atomic mass is 35.5. The topological polar surface area (TPSA) is 63.2 Å². The fourth-order valence-electron chi connectivity index (χ4n) is 2.92. The number of halogens is 3. The summed E-state index contributed by atoms with van der Waals surface area (Å²) in [5.74, 6) is 1.88. The van der Waals surface area contributed by atoms with E-state index in [1.807, 2.05) is 0 Å². The van der Waals surface area contributed by atoms with Crippen LogP contribution in [0.1, 0.15) is 25.7 Å².